The van der Waals surface area contributed by atoms with Crippen molar-refractivity contribution in [3.8, 4) is 0 Å². The zero-order valence-electron chi connectivity index (χ0n) is 19.3. The number of benzene rings is 1. The van der Waals surface area contributed by atoms with Gasteiger partial charge in [-0.1, -0.05) is 49.0 Å². The molecule has 4 rings (SSSR count). The van der Waals surface area contributed by atoms with Gasteiger partial charge in [0, 0.05) is 25.5 Å². The normalized spacial score (nSPS) is 21.4. The van der Waals surface area contributed by atoms with Gasteiger partial charge >= 0.3 is 5.97 Å². The number of halogens is 2. The summed E-state index contributed by atoms with van der Waals surface area (Å²) in [4.78, 5) is 36.7. The number of nitrogens with one attached hydrogen (secondary N) is 1. The van der Waals surface area contributed by atoms with Crippen LogP contribution in [0, 0.1) is 17.8 Å². The van der Waals surface area contributed by atoms with Gasteiger partial charge in [0.15, 0.2) is 0 Å². The average Bonchev–Trinajstić information content (AvgIpc) is 3.09. The molecule has 0 bridgehead atoms. The van der Waals surface area contributed by atoms with Gasteiger partial charge in [0.1, 0.15) is 0 Å². The van der Waals surface area contributed by atoms with E-state index in [0.29, 0.717) is 47.8 Å². The van der Waals surface area contributed by atoms with Crippen molar-refractivity contribution in [1.82, 2.24) is 14.5 Å². The Bertz CT molecular complexity index is 1070. The molecule has 1 saturated carbocycles. The van der Waals surface area contributed by atoms with E-state index in [4.69, 9.17) is 27.9 Å². The third-order valence-corrected chi connectivity index (χ3v) is 7.02. The maximum atomic E-state index is 13.6. The molecule has 1 aromatic heterocycles. The number of anilines is 1. The van der Waals surface area contributed by atoms with Crippen molar-refractivity contribution < 1.29 is 14.3 Å². The Morgan fingerprint density at radius 1 is 1.21 bits per heavy atom. The summed E-state index contributed by atoms with van der Waals surface area (Å²) in [5.74, 6) is -1.15. The van der Waals surface area contributed by atoms with Crippen LogP contribution in [0.3, 0.4) is 0 Å². The molecule has 1 aliphatic heterocycles. The number of unbranched alkanes of at least 4 members (excludes halogenated alkanes) is 2. The van der Waals surface area contributed by atoms with Crippen LogP contribution in [0.4, 0.5) is 5.69 Å². The fourth-order valence-electron chi connectivity index (χ4n) is 4.41. The second-order valence-corrected chi connectivity index (χ2v) is 9.52. The first-order valence-corrected chi connectivity index (χ1v) is 12.4. The van der Waals surface area contributed by atoms with Gasteiger partial charge in [-0.3, -0.25) is 19.5 Å². The van der Waals surface area contributed by atoms with E-state index in [1.807, 2.05) is 11.6 Å². The van der Waals surface area contributed by atoms with Crippen LogP contribution in [-0.2, 0) is 27.8 Å². The van der Waals surface area contributed by atoms with E-state index >= 15 is 0 Å². The summed E-state index contributed by atoms with van der Waals surface area (Å²) >= 11 is 12.6. The fourth-order valence-corrected chi connectivity index (χ4v) is 4.90. The summed E-state index contributed by atoms with van der Waals surface area (Å²) in [6.45, 7) is 3.36. The Labute approximate surface area is 209 Å². The monoisotopic (exact) mass is 505 g/mol. The predicted octanol–water partition coefficient (Wildman–Crippen LogP) is 4.18. The van der Waals surface area contributed by atoms with Crippen molar-refractivity contribution >= 4 is 46.7 Å². The molecule has 8 nitrogen and oxygen atoms in total. The number of imidazole rings is 1. The van der Waals surface area contributed by atoms with Gasteiger partial charge < -0.3 is 14.6 Å². The minimum absolute atomic E-state index is 0.144. The summed E-state index contributed by atoms with van der Waals surface area (Å²) in [5, 5.41) is 3.98. The molecule has 0 radical (unpaired) electrons. The van der Waals surface area contributed by atoms with Crippen molar-refractivity contribution in [3.63, 3.8) is 0 Å². The van der Waals surface area contributed by atoms with Crippen LogP contribution in [0.5, 0.6) is 0 Å². The molecule has 1 unspecified atom stereocenters. The Balaban J connectivity index is 1.48. The molecule has 10 heteroatoms. The second kappa shape index (κ2) is 10.8. The SMILES string of the molecule is CCCCCOC(=O)C1[C@@H](C(=O)N2CCN=C2Nc2c(Cl)cccc2Cl)[C@H]1Cc1cncn1C. The van der Waals surface area contributed by atoms with Gasteiger partial charge in [0.05, 0.1) is 47.0 Å². The maximum absolute atomic E-state index is 13.6. The molecule has 2 heterocycles. The number of aliphatic imine (C=N–C) groups is 1. The highest BCUT2D eigenvalue weighted by atomic mass is 35.5. The summed E-state index contributed by atoms with van der Waals surface area (Å²) < 4.78 is 7.44. The second-order valence-electron chi connectivity index (χ2n) is 8.71. The molecule has 1 N–H and O–H groups in total. The van der Waals surface area contributed by atoms with E-state index in [2.05, 4.69) is 22.2 Å². The van der Waals surface area contributed by atoms with Gasteiger partial charge in [-0.2, -0.15) is 0 Å². The Hall–Kier alpha value is -2.58. The van der Waals surface area contributed by atoms with E-state index in [-0.39, 0.29) is 17.8 Å². The van der Waals surface area contributed by atoms with Gasteiger partial charge in [0.2, 0.25) is 11.9 Å². The molecule has 0 spiro atoms. The highest BCUT2D eigenvalue weighted by Gasteiger charge is 2.61. The standard InChI is InChI=1S/C24H29Cl2N5O3/c1-3-4-5-11-34-23(33)20-16(12-15-13-27-14-30(15)2)19(20)22(32)31-10-9-28-24(31)29-21-17(25)7-6-8-18(21)26/h6-8,13-14,16,19-20H,3-5,9-12H2,1-2H3,(H,28,29)/t16-,19+,20?/m1/s1. The molecule has 2 aliphatic rings. The zero-order valence-corrected chi connectivity index (χ0v) is 20.8. The molecule has 1 amide bonds. The number of hydrogen-bond acceptors (Lipinski definition) is 6. The number of aryl methyl sites for hydroxylation is 1. The van der Waals surface area contributed by atoms with Gasteiger partial charge in [-0.25, -0.2) is 4.98 Å². The molecular formula is C24H29Cl2N5O3. The lowest BCUT2D eigenvalue weighted by atomic mass is 10.1. The lowest BCUT2D eigenvalue weighted by Gasteiger charge is -2.20. The number of hydrogen-bond donors (Lipinski definition) is 1. The molecule has 182 valence electrons. The third-order valence-electron chi connectivity index (χ3n) is 6.39. The first kappa shape index (κ1) is 24.5. The van der Waals surface area contributed by atoms with Crippen molar-refractivity contribution in [2.45, 2.75) is 32.6 Å². The topological polar surface area (TPSA) is 88.8 Å². The predicted molar refractivity (Wildman–Crippen MR) is 132 cm³/mol. The van der Waals surface area contributed by atoms with Crippen molar-refractivity contribution in [3.05, 3.63) is 46.5 Å². The number of amides is 1. The molecular weight excluding hydrogens is 477 g/mol. The summed E-state index contributed by atoms with van der Waals surface area (Å²) in [5.41, 5.74) is 1.47. The van der Waals surface area contributed by atoms with Crippen LogP contribution in [0.15, 0.2) is 35.7 Å². The van der Waals surface area contributed by atoms with Crippen LogP contribution in [0.2, 0.25) is 10.0 Å². The van der Waals surface area contributed by atoms with Crippen LogP contribution in [0.1, 0.15) is 31.9 Å². The fraction of sp³-hybridized carbons (Fsp3) is 0.500. The number of carbonyl (C=O) groups excluding carboxylic acids is 2. The van der Waals surface area contributed by atoms with E-state index in [1.165, 1.54) is 0 Å². The number of ether oxygens (including phenoxy) is 1. The molecule has 1 aliphatic carbocycles. The average molecular weight is 506 g/mol. The first-order valence-electron chi connectivity index (χ1n) is 11.6. The lowest BCUT2D eigenvalue weighted by molar-refractivity contribution is -0.147. The minimum Gasteiger partial charge on any atom is -0.465 e. The largest absolute Gasteiger partial charge is 0.465 e. The van der Waals surface area contributed by atoms with Gasteiger partial charge in [-0.15, -0.1) is 0 Å². The molecule has 1 fully saturated rings. The molecule has 2 aromatic rings. The van der Waals surface area contributed by atoms with Crippen molar-refractivity contribution in [1.29, 1.82) is 0 Å². The Kier molecular flexibility index (Phi) is 7.78. The van der Waals surface area contributed by atoms with Gasteiger partial charge in [-0.05, 0) is 30.9 Å². The number of esters is 1. The summed E-state index contributed by atoms with van der Waals surface area (Å²) in [7, 11) is 1.90. The smallest absolute Gasteiger partial charge is 0.310 e. The first-order chi connectivity index (χ1) is 16.4. The quantitative estimate of drug-likeness (QED) is 0.407. The molecule has 3 atom stereocenters. The number of aromatic nitrogens is 2. The van der Waals surface area contributed by atoms with Crippen LogP contribution >= 0.6 is 23.2 Å². The van der Waals surface area contributed by atoms with Crippen LogP contribution in [-0.4, -0.2) is 52.0 Å². The molecule has 1 aromatic carbocycles. The molecule has 34 heavy (non-hydrogen) atoms. The Morgan fingerprint density at radius 2 is 1.97 bits per heavy atom. The van der Waals surface area contributed by atoms with E-state index in [9.17, 15) is 9.59 Å². The zero-order chi connectivity index (χ0) is 24.2. The number of para-hydroxylation sites is 1. The lowest BCUT2D eigenvalue weighted by Crippen LogP contribution is -2.40. The summed E-state index contributed by atoms with van der Waals surface area (Å²) in [6.07, 6.45) is 6.94. The van der Waals surface area contributed by atoms with Crippen LogP contribution in [0.25, 0.3) is 0 Å². The third kappa shape index (κ3) is 5.23. The number of nitrogens with zero attached hydrogens (tertiary/aromatic N) is 4. The Morgan fingerprint density at radius 3 is 2.65 bits per heavy atom. The van der Waals surface area contributed by atoms with E-state index in [0.717, 1.165) is 25.0 Å². The number of carbonyl (C=O) groups is 2. The van der Waals surface area contributed by atoms with Crippen molar-refractivity contribution in [2.24, 2.45) is 29.8 Å². The van der Waals surface area contributed by atoms with E-state index in [1.54, 1.807) is 35.6 Å². The van der Waals surface area contributed by atoms with Crippen molar-refractivity contribution in [2.75, 3.05) is 25.0 Å². The highest BCUT2D eigenvalue weighted by Crippen LogP contribution is 2.50. The number of guanidine groups is 1. The van der Waals surface area contributed by atoms with Gasteiger partial charge in [0.25, 0.3) is 0 Å². The summed E-state index contributed by atoms with van der Waals surface area (Å²) in [6, 6.07) is 5.18. The van der Waals surface area contributed by atoms with Crippen LogP contribution < -0.4 is 5.32 Å². The minimum atomic E-state index is -0.477. The maximum Gasteiger partial charge on any atom is 0.310 e. The van der Waals surface area contributed by atoms with E-state index < -0.39 is 11.8 Å². The number of rotatable bonds is 9. The molecule has 0 saturated heterocycles. The highest BCUT2D eigenvalue weighted by molar-refractivity contribution is 6.39.